The van der Waals surface area contributed by atoms with Gasteiger partial charge in [0.05, 0.1) is 0 Å². The van der Waals surface area contributed by atoms with E-state index in [-0.39, 0.29) is 6.09 Å². The van der Waals surface area contributed by atoms with Gasteiger partial charge in [-0.2, -0.15) is 0 Å². The van der Waals surface area contributed by atoms with Crippen LogP contribution in [0.2, 0.25) is 0 Å². The monoisotopic (exact) mass is 272 g/mol. The third-order valence-electron chi connectivity index (χ3n) is 2.69. The molecule has 4 heteroatoms. The lowest BCUT2D eigenvalue weighted by atomic mass is 10.0. The van der Waals surface area contributed by atoms with Crippen LogP contribution in [0, 0.1) is 5.92 Å². The van der Waals surface area contributed by atoms with Crippen molar-refractivity contribution >= 4 is 6.09 Å². The zero-order valence-electron chi connectivity index (χ0n) is 13.5. The highest BCUT2D eigenvalue weighted by Gasteiger charge is 2.15. The van der Waals surface area contributed by atoms with E-state index in [1.54, 1.807) is 0 Å². The number of rotatable bonds is 8. The van der Waals surface area contributed by atoms with Gasteiger partial charge in [0.1, 0.15) is 5.60 Å². The smallest absolute Gasteiger partial charge is 0.407 e. The maximum atomic E-state index is 11.4. The Labute approximate surface area is 118 Å². The molecule has 0 radical (unpaired) electrons. The molecule has 1 unspecified atom stereocenters. The first-order valence-corrected chi connectivity index (χ1v) is 7.41. The van der Waals surface area contributed by atoms with E-state index in [1.807, 2.05) is 20.8 Å². The molecule has 0 aliphatic carbocycles. The van der Waals surface area contributed by atoms with Crippen LogP contribution in [0.25, 0.3) is 0 Å². The summed E-state index contributed by atoms with van der Waals surface area (Å²) in [5.74, 6) is 0.762. The van der Waals surface area contributed by atoms with E-state index in [4.69, 9.17) is 4.74 Å². The van der Waals surface area contributed by atoms with Crippen molar-refractivity contribution in [1.29, 1.82) is 0 Å². The van der Waals surface area contributed by atoms with Gasteiger partial charge in [-0.05, 0) is 59.4 Å². The van der Waals surface area contributed by atoms with Crippen LogP contribution in [-0.2, 0) is 4.74 Å². The summed E-state index contributed by atoms with van der Waals surface area (Å²) in [7, 11) is 0. The van der Waals surface area contributed by atoms with Crippen molar-refractivity contribution in [3.8, 4) is 0 Å². The lowest BCUT2D eigenvalue weighted by Gasteiger charge is -2.20. The van der Waals surface area contributed by atoms with E-state index in [9.17, 15) is 4.79 Å². The maximum Gasteiger partial charge on any atom is 0.407 e. The first kappa shape index (κ1) is 18.2. The number of nitrogens with one attached hydrogen (secondary N) is 2. The second-order valence-corrected chi connectivity index (χ2v) is 6.61. The molecule has 2 N–H and O–H groups in total. The lowest BCUT2D eigenvalue weighted by Crippen LogP contribution is -2.35. The minimum atomic E-state index is -0.423. The molecule has 1 atom stereocenters. The van der Waals surface area contributed by atoms with Gasteiger partial charge in [0.2, 0.25) is 0 Å². The normalized spacial score (nSPS) is 13.4. The summed E-state index contributed by atoms with van der Waals surface area (Å²) in [5.41, 5.74) is -0.423. The van der Waals surface area contributed by atoms with Crippen LogP contribution >= 0.6 is 0 Å². The molecule has 0 aliphatic rings. The number of hydrogen-bond donors (Lipinski definition) is 2. The van der Waals surface area contributed by atoms with Gasteiger partial charge in [-0.3, -0.25) is 0 Å². The molecule has 0 heterocycles. The third-order valence-corrected chi connectivity index (χ3v) is 2.69. The van der Waals surface area contributed by atoms with Gasteiger partial charge in [-0.1, -0.05) is 13.8 Å². The first-order chi connectivity index (χ1) is 8.70. The predicted molar refractivity (Wildman–Crippen MR) is 80.4 cm³/mol. The van der Waals surface area contributed by atoms with Crippen LogP contribution in [0.15, 0.2) is 0 Å². The summed E-state index contributed by atoms with van der Waals surface area (Å²) in [6.07, 6.45) is 3.05. The SMILES string of the molecule is CC(C)CCC(C)NCCCNC(=O)OC(C)(C)C. The Balaban J connectivity index is 3.47. The van der Waals surface area contributed by atoms with Crippen molar-refractivity contribution in [1.82, 2.24) is 10.6 Å². The lowest BCUT2D eigenvalue weighted by molar-refractivity contribution is 0.0527. The quantitative estimate of drug-likeness (QED) is 0.666. The molecule has 0 saturated heterocycles. The summed E-state index contributed by atoms with van der Waals surface area (Å²) in [6, 6.07) is 0.545. The van der Waals surface area contributed by atoms with Crippen molar-refractivity contribution < 1.29 is 9.53 Å². The molecule has 0 rings (SSSR count). The molecule has 0 aliphatic heterocycles. The van der Waals surface area contributed by atoms with Crippen LogP contribution in [0.1, 0.15) is 60.8 Å². The van der Waals surface area contributed by atoms with Crippen LogP contribution in [0.4, 0.5) is 4.79 Å². The second-order valence-electron chi connectivity index (χ2n) is 6.61. The van der Waals surface area contributed by atoms with Gasteiger partial charge in [0.25, 0.3) is 0 Å². The van der Waals surface area contributed by atoms with Gasteiger partial charge in [-0.15, -0.1) is 0 Å². The minimum absolute atomic E-state index is 0.333. The van der Waals surface area contributed by atoms with Crippen molar-refractivity contribution in [3.05, 3.63) is 0 Å². The van der Waals surface area contributed by atoms with Crippen molar-refractivity contribution in [2.45, 2.75) is 72.4 Å². The van der Waals surface area contributed by atoms with Crippen molar-refractivity contribution in [2.75, 3.05) is 13.1 Å². The third kappa shape index (κ3) is 13.5. The minimum Gasteiger partial charge on any atom is -0.444 e. The van der Waals surface area contributed by atoms with E-state index in [0.29, 0.717) is 12.6 Å². The van der Waals surface area contributed by atoms with E-state index >= 15 is 0 Å². The fourth-order valence-corrected chi connectivity index (χ4v) is 1.63. The fraction of sp³-hybridized carbons (Fsp3) is 0.933. The molecule has 19 heavy (non-hydrogen) atoms. The van der Waals surface area contributed by atoms with Crippen molar-refractivity contribution in [3.63, 3.8) is 0 Å². The Kier molecular flexibility index (Phi) is 8.81. The highest BCUT2D eigenvalue weighted by Crippen LogP contribution is 2.07. The largest absolute Gasteiger partial charge is 0.444 e. The van der Waals surface area contributed by atoms with Gasteiger partial charge in [0.15, 0.2) is 0 Å². The van der Waals surface area contributed by atoms with Crippen molar-refractivity contribution in [2.24, 2.45) is 5.92 Å². The summed E-state index contributed by atoms with van der Waals surface area (Å²) in [6.45, 7) is 13.9. The topological polar surface area (TPSA) is 50.4 Å². The van der Waals surface area contributed by atoms with Gasteiger partial charge < -0.3 is 15.4 Å². The maximum absolute atomic E-state index is 11.4. The second kappa shape index (κ2) is 9.18. The summed E-state index contributed by atoms with van der Waals surface area (Å²) < 4.78 is 5.16. The highest BCUT2D eigenvalue weighted by molar-refractivity contribution is 5.67. The Hall–Kier alpha value is -0.770. The zero-order chi connectivity index (χ0) is 14.9. The van der Waals surface area contributed by atoms with E-state index in [2.05, 4.69) is 31.4 Å². The number of carbonyl (C=O) groups excluding carboxylic acids is 1. The molecule has 0 bridgehead atoms. The summed E-state index contributed by atoms with van der Waals surface area (Å²) in [4.78, 5) is 11.4. The van der Waals surface area contributed by atoms with Gasteiger partial charge in [0, 0.05) is 12.6 Å². The average Bonchev–Trinajstić information content (AvgIpc) is 2.23. The molecular formula is C15H32N2O2. The van der Waals surface area contributed by atoms with E-state index in [0.717, 1.165) is 18.9 Å². The van der Waals surface area contributed by atoms with Crippen LogP contribution in [0.3, 0.4) is 0 Å². The van der Waals surface area contributed by atoms with Gasteiger partial charge in [-0.25, -0.2) is 4.79 Å². The Morgan fingerprint density at radius 2 is 1.74 bits per heavy atom. The molecule has 0 fully saturated rings. The number of carbonyl (C=O) groups is 1. The molecule has 4 nitrogen and oxygen atoms in total. The predicted octanol–water partition coefficient (Wildman–Crippen LogP) is 3.32. The number of alkyl carbamates (subject to hydrolysis) is 1. The molecule has 0 spiro atoms. The van der Waals surface area contributed by atoms with E-state index in [1.165, 1.54) is 12.8 Å². The molecule has 0 aromatic carbocycles. The Morgan fingerprint density at radius 1 is 1.11 bits per heavy atom. The van der Waals surface area contributed by atoms with Gasteiger partial charge >= 0.3 is 6.09 Å². The van der Waals surface area contributed by atoms with Crippen LogP contribution in [-0.4, -0.2) is 30.8 Å². The Morgan fingerprint density at radius 3 is 2.26 bits per heavy atom. The first-order valence-electron chi connectivity index (χ1n) is 7.41. The average molecular weight is 272 g/mol. The molecule has 0 saturated carbocycles. The molecule has 0 aromatic rings. The number of ether oxygens (including phenoxy) is 1. The van der Waals surface area contributed by atoms with E-state index < -0.39 is 5.60 Å². The summed E-state index contributed by atoms with van der Waals surface area (Å²) in [5, 5.41) is 6.23. The number of hydrogen-bond acceptors (Lipinski definition) is 3. The number of amides is 1. The Bertz CT molecular complexity index is 247. The zero-order valence-corrected chi connectivity index (χ0v) is 13.5. The van der Waals surface area contributed by atoms with Crippen LogP contribution in [0.5, 0.6) is 0 Å². The fourth-order valence-electron chi connectivity index (χ4n) is 1.63. The molecule has 0 aromatic heterocycles. The molecule has 1 amide bonds. The van der Waals surface area contributed by atoms with Crippen LogP contribution < -0.4 is 10.6 Å². The molecular weight excluding hydrogens is 240 g/mol. The molecule has 114 valence electrons. The standard InChI is InChI=1S/C15H32N2O2/c1-12(2)8-9-13(3)16-10-7-11-17-14(18)19-15(4,5)6/h12-13,16H,7-11H2,1-6H3,(H,17,18). The highest BCUT2D eigenvalue weighted by atomic mass is 16.6. The summed E-state index contributed by atoms with van der Waals surface area (Å²) >= 11 is 0.